The molecule has 3 heterocycles. The number of carbonyl (C=O) groups is 7. The van der Waals surface area contributed by atoms with E-state index in [2.05, 4.69) is 36.2 Å². The molecule has 0 bridgehead atoms. The van der Waals surface area contributed by atoms with E-state index in [0.29, 0.717) is 131 Å². The fraction of sp³-hybridized carbons (Fsp3) is 0.508. The lowest BCUT2D eigenvalue weighted by Gasteiger charge is -2.36. The van der Waals surface area contributed by atoms with Gasteiger partial charge in [-0.15, -0.1) is 0 Å². The van der Waals surface area contributed by atoms with Crippen molar-refractivity contribution in [1.82, 2.24) is 40.4 Å². The van der Waals surface area contributed by atoms with Crippen molar-refractivity contribution in [1.29, 1.82) is 0 Å². The van der Waals surface area contributed by atoms with Crippen LogP contribution in [-0.4, -0.2) is 157 Å². The van der Waals surface area contributed by atoms with Crippen molar-refractivity contribution in [2.24, 2.45) is 5.41 Å². The molecule has 5 aromatic rings. The smallest absolute Gasteiger partial charge is 0.329 e. The Morgan fingerprint density at radius 2 is 1.49 bits per heavy atom. The molecule has 0 saturated carbocycles. The van der Waals surface area contributed by atoms with Crippen molar-refractivity contribution in [2.75, 3.05) is 90.3 Å². The Labute approximate surface area is 509 Å². The van der Waals surface area contributed by atoms with Crippen LogP contribution in [0.5, 0.6) is 11.5 Å². The van der Waals surface area contributed by atoms with Crippen LogP contribution in [0.15, 0.2) is 76.7 Å². The van der Waals surface area contributed by atoms with Gasteiger partial charge in [-0.25, -0.2) is 14.2 Å². The number of fused-ring (bicyclic) bond motifs is 1. The first-order chi connectivity index (χ1) is 41.8. The maximum absolute atomic E-state index is 14.1. The molecule has 7 N–H and O–H groups in total. The van der Waals surface area contributed by atoms with Crippen LogP contribution in [-0.2, 0) is 65.5 Å². The van der Waals surface area contributed by atoms with Crippen LogP contribution >= 0.6 is 11.8 Å². The zero-order chi connectivity index (χ0) is 62.9. The van der Waals surface area contributed by atoms with Gasteiger partial charge in [0.15, 0.2) is 27.8 Å². The number of nitrogens with zero attached hydrogens (tertiary/aromatic N) is 4. The normalized spacial score (nSPS) is 14.0. The average Bonchev–Trinajstić information content (AvgIpc) is 2.96. The average molecular weight is 1230 g/mol. The molecular weight excluding hydrogens is 1150 g/mol. The zero-order valence-electron chi connectivity index (χ0n) is 50.3. The fourth-order valence-corrected chi connectivity index (χ4v) is 10.3. The number of piperidine rings is 1. The number of H-pyrrole nitrogens is 1. The third-order valence-electron chi connectivity index (χ3n) is 14.5. The molecule has 3 aromatic carbocycles. The van der Waals surface area contributed by atoms with E-state index in [-0.39, 0.29) is 67.2 Å². The SMILES string of the molecule is CCC(C)(C)C(=O)C(=O)N1CCCCC1C(=O)OC(CCc1ccc(OC)c(OC)c1)c1cccc(NC(=O)CCC(=O)NCCCOCCOCCOCCCNC(=O)C(CSc2nc3c(=O)[nH]c(N)nc3n2Cc2ccc(F)cc2)NC(C)=O)c1. The Hall–Kier alpha value is -7.94. The van der Waals surface area contributed by atoms with Crippen molar-refractivity contribution in [3.8, 4) is 11.5 Å². The largest absolute Gasteiger partial charge is 0.493 e. The number of halogens is 1. The molecule has 26 heteroatoms. The molecule has 1 aliphatic heterocycles. The number of Topliss-reactive ketones (excluding diaryl/α,β-unsaturated/α-hetero) is 1. The van der Waals surface area contributed by atoms with E-state index in [1.807, 2.05) is 19.1 Å². The molecular formula is C61H81FN10O14S. The number of rotatable bonds is 36. The van der Waals surface area contributed by atoms with Gasteiger partial charge in [0.25, 0.3) is 11.5 Å². The third-order valence-corrected chi connectivity index (χ3v) is 15.5. The quantitative estimate of drug-likeness (QED) is 0.0123. The molecule has 6 rings (SSSR count). The monoisotopic (exact) mass is 1230 g/mol. The van der Waals surface area contributed by atoms with E-state index in [9.17, 15) is 42.7 Å². The number of carbonyl (C=O) groups excluding carboxylic acids is 7. The minimum absolute atomic E-state index is 0.0375. The fourth-order valence-electron chi connectivity index (χ4n) is 9.27. The van der Waals surface area contributed by atoms with Crippen molar-refractivity contribution in [3.63, 3.8) is 0 Å². The van der Waals surface area contributed by atoms with Crippen LogP contribution < -0.4 is 42.0 Å². The second-order valence-electron chi connectivity index (χ2n) is 21.4. The number of thioether (sulfide) groups is 1. The van der Waals surface area contributed by atoms with Gasteiger partial charge in [0.05, 0.1) is 47.2 Å². The van der Waals surface area contributed by atoms with Crippen molar-refractivity contribution in [2.45, 2.75) is 122 Å². The Morgan fingerprint density at radius 3 is 2.17 bits per heavy atom. The summed E-state index contributed by atoms with van der Waals surface area (Å²) in [7, 11) is 3.10. The molecule has 1 saturated heterocycles. The number of anilines is 2. The Morgan fingerprint density at radius 1 is 0.828 bits per heavy atom. The molecule has 5 amide bonds. The molecule has 0 spiro atoms. The van der Waals surface area contributed by atoms with Gasteiger partial charge in [-0.05, 0) is 104 Å². The summed E-state index contributed by atoms with van der Waals surface area (Å²) in [6.45, 7) is 9.63. The summed E-state index contributed by atoms with van der Waals surface area (Å²) in [5.74, 6) is -2.71. The molecule has 1 fully saturated rings. The summed E-state index contributed by atoms with van der Waals surface area (Å²) in [5.41, 5.74) is 7.29. The maximum Gasteiger partial charge on any atom is 0.329 e. The number of amides is 5. The predicted octanol–water partition coefficient (Wildman–Crippen LogP) is 5.59. The van der Waals surface area contributed by atoms with Gasteiger partial charge >= 0.3 is 5.97 Å². The standard InChI is InChI=1S/C61H81FN10O14S/c1-7-61(3,4)53(76)57(79)71-28-9-8-15-46(71)58(80)86-47(22-18-40-19-23-48(81-5)49(35-40)82-6)42-13-10-14-44(36-42)67-51(75)25-24-50(74)64-26-11-29-83-31-33-85-34-32-84-30-12-27-65-55(77)45(66-39(2)73)38-87-60-68-52-54(69-59(63)70-56(52)78)72(60)37-41-16-20-43(62)21-17-41/h10,13-14,16-17,19-21,23,35-36,45-47H,7-9,11-12,15,18,22,24-34,37-38H2,1-6H3,(H,64,74)(H,65,77)(H,66,73)(H,67,75)(H3,63,69,70,78). The summed E-state index contributed by atoms with van der Waals surface area (Å²) < 4.78 is 49.3. The number of nitrogens with two attached hydrogens (primary N) is 1. The number of nitrogens with one attached hydrogen (secondary N) is 5. The number of benzene rings is 3. The molecule has 3 atom stereocenters. The molecule has 24 nitrogen and oxygen atoms in total. The molecule has 0 aliphatic carbocycles. The first kappa shape index (κ1) is 68.2. The van der Waals surface area contributed by atoms with E-state index < -0.39 is 64.5 Å². The van der Waals surface area contributed by atoms with E-state index in [4.69, 9.17) is 34.2 Å². The molecule has 3 unspecified atom stereocenters. The van der Waals surface area contributed by atoms with Crippen molar-refractivity contribution >= 4 is 75.8 Å². The van der Waals surface area contributed by atoms with Gasteiger partial charge in [0.1, 0.15) is 24.0 Å². The number of ether oxygens (including phenoxy) is 6. The van der Waals surface area contributed by atoms with Crippen LogP contribution in [0.25, 0.3) is 11.2 Å². The van der Waals surface area contributed by atoms with E-state index in [1.54, 1.807) is 75.1 Å². The highest BCUT2D eigenvalue weighted by Gasteiger charge is 2.41. The molecule has 2 aromatic heterocycles. The Balaban J connectivity index is 0.846. The first-order valence-corrected chi connectivity index (χ1v) is 30.1. The van der Waals surface area contributed by atoms with E-state index in [0.717, 1.165) is 17.3 Å². The highest BCUT2D eigenvalue weighted by Crippen LogP contribution is 2.33. The summed E-state index contributed by atoms with van der Waals surface area (Å²) in [6.07, 6.45) is 3.05. The number of likely N-dealkylation sites (tertiary alicyclic amines) is 1. The number of nitrogen functional groups attached to an aromatic ring is 1. The topological polar surface area (TPSA) is 316 Å². The number of imidazole rings is 1. The lowest BCUT2D eigenvalue weighted by molar-refractivity contribution is -0.164. The lowest BCUT2D eigenvalue weighted by atomic mass is 9.84. The minimum Gasteiger partial charge on any atom is -0.493 e. The van der Waals surface area contributed by atoms with Gasteiger partial charge in [-0.3, -0.25) is 43.1 Å². The van der Waals surface area contributed by atoms with E-state index >= 15 is 0 Å². The summed E-state index contributed by atoms with van der Waals surface area (Å²) in [5, 5.41) is 11.5. The van der Waals surface area contributed by atoms with Crippen LogP contribution in [0.1, 0.15) is 108 Å². The van der Waals surface area contributed by atoms with Crippen LogP contribution in [0.4, 0.5) is 16.0 Å². The second kappa shape index (κ2) is 34.4. The Kier molecular flexibility index (Phi) is 27.0. The van der Waals surface area contributed by atoms with Gasteiger partial charge in [-0.2, -0.15) is 4.98 Å². The summed E-state index contributed by atoms with van der Waals surface area (Å²) in [4.78, 5) is 117. The van der Waals surface area contributed by atoms with E-state index in [1.165, 1.54) is 24.0 Å². The number of ketones is 1. The minimum atomic E-state index is -0.942. The van der Waals surface area contributed by atoms with Gasteiger partial charge < -0.3 is 60.3 Å². The molecule has 1 aliphatic rings. The maximum atomic E-state index is 14.1. The number of hydrogen-bond acceptors (Lipinski definition) is 18. The Bertz CT molecular complexity index is 3200. The van der Waals surface area contributed by atoms with Crippen molar-refractivity contribution in [3.05, 3.63) is 99.6 Å². The number of aromatic nitrogens is 4. The van der Waals surface area contributed by atoms with Crippen LogP contribution in [0, 0.1) is 11.2 Å². The molecule has 472 valence electrons. The van der Waals surface area contributed by atoms with Crippen molar-refractivity contribution < 1.29 is 66.4 Å². The highest BCUT2D eigenvalue weighted by molar-refractivity contribution is 7.99. The summed E-state index contributed by atoms with van der Waals surface area (Å²) >= 11 is 1.13. The van der Waals surface area contributed by atoms with Gasteiger partial charge in [-0.1, -0.05) is 62.9 Å². The zero-order valence-corrected chi connectivity index (χ0v) is 51.1. The third kappa shape index (κ3) is 21.2. The number of esters is 1. The second-order valence-corrected chi connectivity index (χ2v) is 22.4. The predicted molar refractivity (Wildman–Crippen MR) is 324 cm³/mol. The molecule has 0 radical (unpaired) electrons. The first-order valence-electron chi connectivity index (χ1n) is 29.1. The van der Waals surface area contributed by atoms with Gasteiger partial charge in [0.2, 0.25) is 35.4 Å². The molecule has 87 heavy (non-hydrogen) atoms. The van der Waals surface area contributed by atoms with Gasteiger partial charge in [0, 0.05) is 69.5 Å². The van der Waals surface area contributed by atoms with Crippen LogP contribution in [0.2, 0.25) is 0 Å². The lowest BCUT2D eigenvalue weighted by Crippen LogP contribution is -2.53. The number of aryl methyl sites for hydroxylation is 1. The number of aromatic amines is 1. The number of methoxy groups -OCH3 is 2. The number of hydrogen-bond donors (Lipinski definition) is 6. The highest BCUT2D eigenvalue weighted by atomic mass is 32.2. The summed E-state index contributed by atoms with van der Waals surface area (Å²) in [6, 6.07) is 16.4. The van der Waals surface area contributed by atoms with Crippen LogP contribution in [0.3, 0.4) is 0 Å².